The van der Waals surface area contributed by atoms with Gasteiger partial charge in [-0.1, -0.05) is 94.2 Å². The van der Waals surface area contributed by atoms with Crippen molar-refractivity contribution in [3.05, 3.63) is 11.1 Å². The third-order valence-corrected chi connectivity index (χ3v) is 4.25. The van der Waals surface area contributed by atoms with Gasteiger partial charge in [0.1, 0.15) is 0 Å². The Kier molecular flexibility index (Phi) is 6.58. The van der Waals surface area contributed by atoms with Crippen molar-refractivity contribution in [1.82, 2.24) is 0 Å². The molecule has 0 aromatic carbocycles. The van der Waals surface area contributed by atoms with Crippen molar-refractivity contribution in [1.29, 1.82) is 0 Å². The SMILES string of the molecule is CC(C)/C(=C(\C(C(C)C)C(C)C)C(C)(C)C)C(C)(C)C. The van der Waals surface area contributed by atoms with Crippen molar-refractivity contribution in [2.75, 3.05) is 0 Å². The van der Waals surface area contributed by atoms with E-state index < -0.39 is 0 Å². The van der Waals surface area contributed by atoms with E-state index in [4.69, 9.17) is 0 Å². The second kappa shape index (κ2) is 6.67. The lowest BCUT2D eigenvalue weighted by Gasteiger charge is -2.42. The molecule has 0 nitrogen and oxygen atoms in total. The summed E-state index contributed by atoms with van der Waals surface area (Å²) in [6.07, 6.45) is 0. The summed E-state index contributed by atoms with van der Waals surface area (Å²) < 4.78 is 0. The molecule has 0 heterocycles. The zero-order valence-corrected chi connectivity index (χ0v) is 16.3. The van der Waals surface area contributed by atoms with Crippen molar-refractivity contribution in [3.8, 4) is 0 Å². The summed E-state index contributed by atoms with van der Waals surface area (Å²) in [4.78, 5) is 0. The molecular weight excluding hydrogens is 240 g/mol. The molecule has 0 heteroatoms. The smallest absolute Gasteiger partial charge is 0.0149 e. The summed E-state index contributed by atoms with van der Waals surface area (Å²) in [5, 5.41) is 0. The predicted octanol–water partition coefficient (Wildman–Crippen LogP) is 6.96. The van der Waals surface area contributed by atoms with Crippen molar-refractivity contribution >= 4 is 0 Å². The minimum Gasteiger partial charge on any atom is -0.0623 e. The van der Waals surface area contributed by atoms with Crippen LogP contribution in [0.2, 0.25) is 0 Å². The van der Waals surface area contributed by atoms with Gasteiger partial charge < -0.3 is 0 Å². The molecular formula is C20H40. The van der Waals surface area contributed by atoms with E-state index in [1.165, 1.54) is 0 Å². The van der Waals surface area contributed by atoms with E-state index in [1.54, 1.807) is 11.1 Å². The molecule has 0 aliphatic carbocycles. The molecule has 120 valence electrons. The Morgan fingerprint density at radius 3 is 1.00 bits per heavy atom. The normalized spacial score (nSPS) is 15.6. The zero-order chi connectivity index (χ0) is 16.5. The Bertz CT molecular complexity index is 318. The molecule has 0 aliphatic heterocycles. The molecule has 0 radical (unpaired) electrons. The first-order chi connectivity index (χ1) is 8.71. The molecule has 0 amide bonds. The van der Waals surface area contributed by atoms with Crippen LogP contribution in [0, 0.1) is 34.5 Å². The van der Waals surface area contributed by atoms with Crippen LogP contribution in [0.3, 0.4) is 0 Å². The standard InChI is InChI=1S/C20H40/c1-13(2)16(14(3)4)18(20(10,11)12)17(15(5)6)19(7,8)9/h13-16H,1-12H3/b18-17-. The van der Waals surface area contributed by atoms with E-state index in [9.17, 15) is 0 Å². The van der Waals surface area contributed by atoms with E-state index >= 15 is 0 Å². The van der Waals surface area contributed by atoms with Crippen molar-refractivity contribution in [2.24, 2.45) is 34.5 Å². The Morgan fingerprint density at radius 1 is 0.550 bits per heavy atom. The summed E-state index contributed by atoms with van der Waals surface area (Å²) in [6, 6.07) is 0. The van der Waals surface area contributed by atoms with Gasteiger partial charge in [0, 0.05) is 0 Å². The van der Waals surface area contributed by atoms with Crippen molar-refractivity contribution in [3.63, 3.8) is 0 Å². The lowest BCUT2D eigenvalue weighted by atomic mass is 9.63. The molecule has 0 aromatic rings. The highest BCUT2D eigenvalue weighted by molar-refractivity contribution is 5.29. The lowest BCUT2D eigenvalue weighted by molar-refractivity contribution is 0.264. The highest BCUT2D eigenvalue weighted by atomic mass is 14.4. The fourth-order valence-corrected chi connectivity index (χ4v) is 4.10. The van der Waals surface area contributed by atoms with Crippen LogP contribution in [0.4, 0.5) is 0 Å². The summed E-state index contributed by atoms with van der Waals surface area (Å²) in [6.45, 7) is 28.6. The number of hydrogen-bond donors (Lipinski definition) is 0. The van der Waals surface area contributed by atoms with Gasteiger partial charge in [0.25, 0.3) is 0 Å². The number of hydrogen-bond acceptors (Lipinski definition) is 0. The Morgan fingerprint density at radius 2 is 0.850 bits per heavy atom. The van der Waals surface area contributed by atoms with E-state index in [1.807, 2.05) is 0 Å². The molecule has 0 atom stereocenters. The first kappa shape index (κ1) is 19.7. The van der Waals surface area contributed by atoms with E-state index in [0.717, 1.165) is 0 Å². The van der Waals surface area contributed by atoms with Gasteiger partial charge in [-0.15, -0.1) is 0 Å². The molecule has 0 fully saturated rings. The van der Waals surface area contributed by atoms with Crippen molar-refractivity contribution in [2.45, 2.75) is 83.1 Å². The summed E-state index contributed by atoms with van der Waals surface area (Å²) in [5.41, 5.74) is 3.88. The largest absolute Gasteiger partial charge is 0.0623 e. The highest BCUT2D eigenvalue weighted by Crippen LogP contribution is 2.47. The maximum Gasteiger partial charge on any atom is -0.0149 e. The fraction of sp³-hybridized carbons (Fsp3) is 0.900. The summed E-state index contributed by atoms with van der Waals surface area (Å²) >= 11 is 0. The zero-order valence-electron chi connectivity index (χ0n) is 16.3. The van der Waals surface area contributed by atoms with Crippen LogP contribution in [0.15, 0.2) is 11.1 Å². The average molecular weight is 281 g/mol. The Labute approximate surface area is 129 Å². The monoisotopic (exact) mass is 280 g/mol. The van der Waals surface area contributed by atoms with Crippen LogP contribution in [0.25, 0.3) is 0 Å². The third-order valence-electron chi connectivity index (χ3n) is 4.25. The summed E-state index contributed by atoms with van der Waals surface area (Å²) in [7, 11) is 0. The van der Waals surface area contributed by atoms with Crippen LogP contribution in [-0.2, 0) is 0 Å². The maximum atomic E-state index is 2.40. The molecule has 0 aromatic heterocycles. The van der Waals surface area contributed by atoms with Gasteiger partial charge in [0.2, 0.25) is 0 Å². The van der Waals surface area contributed by atoms with E-state index in [0.29, 0.717) is 23.7 Å². The lowest BCUT2D eigenvalue weighted by Crippen LogP contribution is -2.32. The van der Waals surface area contributed by atoms with Crippen LogP contribution in [-0.4, -0.2) is 0 Å². The number of rotatable bonds is 4. The molecule has 0 bridgehead atoms. The molecule has 0 aliphatic rings. The highest BCUT2D eigenvalue weighted by Gasteiger charge is 2.36. The van der Waals surface area contributed by atoms with Gasteiger partial charge in [-0.25, -0.2) is 0 Å². The summed E-state index contributed by atoms with van der Waals surface area (Å²) in [5.74, 6) is 2.68. The van der Waals surface area contributed by atoms with Crippen LogP contribution >= 0.6 is 0 Å². The maximum absolute atomic E-state index is 2.40. The molecule has 0 spiro atoms. The molecule has 0 N–H and O–H groups in total. The minimum atomic E-state index is 0.242. The quantitative estimate of drug-likeness (QED) is 0.488. The average Bonchev–Trinajstić information content (AvgIpc) is 2.10. The molecule has 0 unspecified atom stereocenters. The third kappa shape index (κ3) is 4.93. The Hall–Kier alpha value is -0.260. The van der Waals surface area contributed by atoms with Crippen LogP contribution in [0.5, 0.6) is 0 Å². The van der Waals surface area contributed by atoms with Crippen LogP contribution < -0.4 is 0 Å². The molecule has 0 rings (SSSR count). The van der Waals surface area contributed by atoms with Crippen LogP contribution in [0.1, 0.15) is 83.1 Å². The topological polar surface area (TPSA) is 0 Å². The molecule has 0 saturated heterocycles. The van der Waals surface area contributed by atoms with Gasteiger partial charge >= 0.3 is 0 Å². The second-order valence-corrected chi connectivity index (χ2v) is 9.50. The van der Waals surface area contributed by atoms with Gasteiger partial charge in [0.05, 0.1) is 0 Å². The minimum absolute atomic E-state index is 0.242. The van der Waals surface area contributed by atoms with Gasteiger partial charge in [-0.2, -0.15) is 0 Å². The van der Waals surface area contributed by atoms with E-state index in [-0.39, 0.29) is 10.8 Å². The fourth-order valence-electron chi connectivity index (χ4n) is 4.10. The molecule has 20 heavy (non-hydrogen) atoms. The van der Waals surface area contributed by atoms with E-state index in [2.05, 4.69) is 83.1 Å². The number of allylic oxidation sites excluding steroid dienone is 2. The first-order valence-electron chi connectivity index (χ1n) is 8.46. The molecule has 0 saturated carbocycles. The van der Waals surface area contributed by atoms with Gasteiger partial charge in [-0.3, -0.25) is 0 Å². The Balaban J connectivity index is 6.40. The second-order valence-electron chi connectivity index (χ2n) is 9.50. The van der Waals surface area contributed by atoms with Gasteiger partial charge in [-0.05, 0) is 34.5 Å². The van der Waals surface area contributed by atoms with Gasteiger partial charge in [0.15, 0.2) is 0 Å². The predicted molar refractivity (Wildman–Crippen MR) is 93.9 cm³/mol. The van der Waals surface area contributed by atoms with Crippen molar-refractivity contribution < 1.29 is 0 Å². The first-order valence-corrected chi connectivity index (χ1v) is 8.46.